The maximum atomic E-state index is 6.37. The van der Waals surface area contributed by atoms with E-state index in [1.54, 1.807) is 7.11 Å². The molecule has 0 aliphatic carbocycles. The van der Waals surface area contributed by atoms with Crippen molar-refractivity contribution in [2.24, 2.45) is 0 Å². The van der Waals surface area contributed by atoms with Crippen LogP contribution < -0.4 is 9.64 Å². The zero-order valence-electron chi connectivity index (χ0n) is 16.9. The van der Waals surface area contributed by atoms with Crippen molar-refractivity contribution < 1.29 is 9.15 Å². The molecule has 0 spiro atoms. The summed E-state index contributed by atoms with van der Waals surface area (Å²) in [5.74, 6) is 1.75. The van der Waals surface area contributed by atoms with Crippen LogP contribution in [0.2, 0.25) is 0 Å². The van der Waals surface area contributed by atoms with Gasteiger partial charge in [-0.2, -0.15) is 0 Å². The van der Waals surface area contributed by atoms with E-state index >= 15 is 0 Å². The number of anilines is 1. The van der Waals surface area contributed by atoms with Crippen molar-refractivity contribution in [3.05, 3.63) is 61.2 Å². The number of nitrogens with zero attached hydrogens (tertiary/aromatic N) is 2. The fourth-order valence-corrected chi connectivity index (χ4v) is 4.21. The summed E-state index contributed by atoms with van der Waals surface area (Å²) >= 11 is 0. The minimum atomic E-state index is 0.376. The molecule has 2 heterocycles. The van der Waals surface area contributed by atoms with E-state index in [1.165, 1.54) is 5.69 Å². The number of methoxy groups -OCH3 is 1. The number of para-hydroxylation sites is 1. The Morgan fingerprint density at radius 3 is 2.71 bits per heavy atom. The fraction of sp³-hybridized carbons (Fsp3) is 0.333. The van der Waals surface area contributed by atoms with E-state index in [2.05, 4.69) is 48.4 Å². The second-order valence-electron chi connectivity index (χ2n) is 7.60. The van der Waals surface area contributed by atoms with Crippen molar-refractivity contribution >= 4 is 16.7 Å². The summed E-state index contributed by atoms with van der Waals surface area (Å²) < 4.78 is 11.8. The van der Waals surface area contributed by atoms with Crippen molar-refractivity contribution in [2.45, 2.75) is 25.9 Å². The van der Waals surface area contributed by atoms with Gasteiger partial charge in [-0.15, -0.1) is 6.58 Å². The third-order valence-electron chi connectivity index (χ3n) is 5.67. The minimum Gasteiger partial charge on any atom is -0.497 e. The highest BCUT2D eigenvalue weighted by Gasteiger charge is 2.32. The highest BCUT2D eigenvalue weighted by molar-refractivity contribution is 5.99. The second-order valence-corrected chi connectivity index (χ2v) is 7.60. The van der Waals surface area contributed by atoms with Crippen LogP contribution in [0.3, 0.4) is 0 Å². The van der Waals surface area contributed by atoms with Crippen LogP contribution in [0.4, 0.5) is 5.69 Å². The van der Waals surface area contributed by atoms with E-state index in [1.807, 2.05) is 36.4 Å². The monoisotopic (exact) mass is 376 g/mol. The van der Waals surface area contributed by atoms with Crippen LogP contribution in [-0.2, 0) is 0 Å². The summed E-state index contributed by atoms with van der Waals surface area (Å²) in [6.45, 7) is 11.4. The molecule has 2 atom stereocenters. The highest BCUT2D eigenvalue weighted by Crippen LogP contribution is 2.42. The third kappa shape index (κ3) is 3.29. The molecule has 1 saturated heterocycles. The van der Waals surface area contributed by atoms with E-state index in [4.69, 9.17) is 9.15 Å². The number of rotatable bonds is 5. The van der Waals surface area contributed by atoms with Crippen LogP contribution in [0.1, 0.15) is 13.8 Å². The van der Waals surface area contributed by atoms with Gasteiger partial charge in [0.1, 0.15) is 11.3 Å². The average Bonchev–Trinajstić information content (AvgIpc) is 3.10. The highest BCUT2D eigenvalue weighted by atomic mass is 16.5. The molecule has 4 nitrogen and oxygen atoms in total. The predicted octanol–water partition coefficient (Wildman–Crippen LogP) is 5.19. The van der Waals surface area contributed by atoms with Crippen molar-refractivity contribution in [3.8, 4) is 17.1 Å². The number of piperazine rings is 1. The molecule has 4 rings (SSSR count). The molecule has 146 valence electrons. The van der Waals surface area contributed by atoms with E-state index < -0.39 is 0 Å². The Hall–Kier alpha value is -2.72. The Bertz CT molecular complexity index is 978. The Morgan fingerprint density at radius 1 is 1.11 bits per heavy atom. The largest absolute Gasteiger partial charge is 0.497 e. The summed E-state index contributed by atoms with van der Waals surface area (Å²) in [7, 11) is 1.70. The number of furan rings is 1. The lowest BCUT2D eigenvalue weighted by Crippen LogP contribution is -2.56. The first-order valence-electron chi connectivity index (χ1n) is 9.90. The zero-order chi connectivity index (χ0) is 19.7. The quantitative estimate of drug-likeness (QED) is 0.573. The molecular weight excluding hydrogens is 348 g/mol. The van der Waals surface area contributed by atoms with Gasteiger partial charge in [-0.05, 0) is 38.1 Å². The number of benzene rings is 2. The van der Waals surface area contributed by atoms with Crippen LogP contribution >= 0.6 is 0 Å². The van der Waals surface area contributed by atoms with Crippen molar-refractivity contribution in [2.75, 3.05) is 31.6 Å². The molecule has 1 aliphatic rings. The molecule has 2 aromatic carbocycles. The maximum Gasteiger partial charge on any atom is 0.158 e. The molecular formula is C24H28N2O2. The van der Waals surface area contributed by atoms with Gasteiger partial charge in [-0.25, -0.2) is 0 Å². The number of hydrogen-bond donors (Lipinski definition) is 0. The van der Waals surface area contributed by atoms with Crippen LogP contribution in [0, 0.1) is 0 Å². The summed E-state index contributed by atoms with van der Waals surface area (Å²) in [6, 6.07) is 17.2. The first kappa shape index (κ1) is 18.6. The van der Waals surface area contributed by atoms with E-state index in [0.717, 1.165) is 47.7 Å². The number of ether oxygens (including phenoxy) is 1. The lowest BCUT2D eigenvalue weighted by molar-refractivity contribution is 0.184. The molecule has 1 fully saturated rings. The lowest BCUT2D eigenvalue weighted by Gasteiger charge is -2.45. The lowest BCUT2D eigenvalue weighted by atomic mass is 10.0. The fourth-order valence-electron chi connectivity index (χ4n) is 4.21. The van der Waals surface area contributed by atoms with Gasteiger partial charge in [0, 0.05) is 42.7 Å². The van der Waals surface area contributed by atoms with E-state index in [-0.39, 0.29) is 0 Å². The predicted molar refractivity (Wildman–Crippen MR) is 116 cm³/mol. The van der Waals surface area contributed by atoms with Gasteiger partial charge >= 0.3 is 0 Å². The second kappa shape index (κ2) is 7.72. The number of hydrogen-bond acceptors (Lipinski definition) is 4. The Labute approximate surface area is 167 Å². The maximum absolute atomic E-state index is 6.37. The Morgan fingerprint density at radius 2 is 1.93 bits per heavy atom. The molecule has 0 unspecified atom stereocenters. The first-order valence-corrected chi connectivity index (χ1v) is 9.90. The molecule has 1 aliphatic heterocycles. The third-order valence-corrected chi connectivity index (χ3v) is 5.67. The van der Waals surface area contributed by atoms with Crippen LogP contribution in [0.25, 0.3) is 22.3 Å². The average molecular weight is 377 g/mol. The zero-order valence-corrected chi connectivity index (χ0v) is 16.9. The van der Waals surface area contributed by atoms with Crippen LogP contribution in [-0.4, -0.2) is 43.7 Å². The molecule has 0 bridgehead atoms. The SMILES string of the molecule is C=CCN1C[C@H](C)N(c2c(-c3cccc(OC)c3)oc3ccccc23)C[C@H]1C. The van der Waals surface area contributed by atoms with E-state index in [0.29, 0.717) is 12.1 Å². The van der Waals surface area contributed by atoms with Crippen molar-refractivity contribution in [1.82, 2.24) is 4.90 Å². The van der Waals surface area contributed by atoms with Gasteiger partial charge in [0.2, 0.25) is 0 Å². The smallest absolute Gasteiger partial charge is 0.158 e. The summed E-state index contributed by atoms with van der Waals surface area (Å²) in [6.07, 6.45) is 1.99. The molecule has 0 amide bonds. The van der Waals surface area contributed by atoms with Crippen LogP contribution in [0.15, 0.2) is 65.6 Å². The van der Waals surface area contributed by atoms with Crippen molar-refractivity contribution in [1.29, 1.82) is 0 Å². The van der Waals surface area contributed by atoms with Gasteiger partial charge in [0.15, 0.2) is 5.76 Å². The molecule has 0 N–H and O–H groups in total. The normalized spacial score (nSPS) is 20.5. The molecule has 28 heavy (non-hydrogen) atoms. The van der Waals surface area contributed by atoms with Gasteiger partial charge < -0.3 is 14.1 Å². The van der Waals surface area contributed by atoms with Gasteiger partial charge in [0.25, 0.3) is 0 Å². The van der Waals surface area contributed by atoms with Gasteiger partial charge in [-0.3, -0.25) is 4.90 Å². The topological polar surface area (TPSA) is 28.9 Å². The molecule has 0 saturated carbocycles. The molecule has 1 aromatic heterocycles. The van der Waals surface area contributed by atoms with Crippen molar-refractivity contribution in [3.63, 3.8) is 0 Å². The minimum absolute atomic E-state index is 0.376. The molecule has 0 radical (unpaired) electrons. The number of fused-ring (bicyclic) bond motifs is 1. The summed E-state index contributed by atoms with van der Waals surface area (Å²) in [5, 5.41) is 1.16. The molecule has 4 heteroatoms. The van der Waals surface area contributed by atoms with Gasteiger partial charge in [0.05, 0.1) is 12.8 Å². The van der Waals surface area contributed by atoms with E-state index in [9.17, 15) is 0 Å². The Balaban J connectivity index is 1.83. The Kier molecular flexibility index (Phi) is 5.14. The first-order chi connectivity index (χ1) is 13.6. The summed E-state index contributed by atoms with van der Waals surface area (Å²) in [4.78, 5) is 4.99. The molecule has 3 aromatic rings. The van der Waals surface area contributed by atoms with Crippen LogP contribution in [0.5, 0.6) is 5.75 Å². The summed E-state index contributed by atoms with van der Waals surface area (Å²) in [5.41, 5.74) is 3.14. The van der Waals surface area contributed by atoms with Gasteiger partial charge in [-0.1, -0.05) is 30.3 Å². The standard InChI is InChI=1S/C24H28N2O2/c1-5-13-25-15-18(3)26(16-17(25)2)23-21-11-6-7-12-22(21)28-24(23)19-9-8-10-20(14-19)27-4/h5-12,14,17-18H,1,13,15-16H2,2-4H3/t17-,18+/m1/s1.